The number of aliphatic carboxylic acids is 1. The molecule has 0 bridgehead atoms. The van der Waals surface area contributed by atoms with Gasteiger partial charge in [-0.3, -0.25) is 9.59 Å². The topological polar surface area (TPSA) is 105 Å². The Bertz CT molecular complexity index is 958. The standard InChI is InChI=1S/C26H32N2O5/c1-4-17(14-24(29)30)27-25(31)23(13-16(2)3)28-26(32)33-15-22-20-11-7-5-9-18(20)19-10-6-8-12-21(19)22/h5-12,16-17,22-23H,4,13-15H2,1-3H3,(H,27,31)(H,28,32)(H,29,30)/t17-,23?/m1/s1. The van der Waals surface area contributed by atoms with Crippen molar-refractivity contribution < 1.29 is 24.2 Å². The number of carbonyl (C=O) groups excluding carboxylic acids is 2. The molecule has 1 aliphatic carbocycles. The summed E-state index contributed by atoms with van der Waals surface area (Å²) in [6.45, 7) is 5.87. The predicted molar refractivity (Wildman–Crippen MR) is 126 cm³/mol. The van der Waals surface area contributed by atoms with Gasteiger partial charge in [0, 0.05) is 12.0 Å². The van der Waals surface area contributed by atoms with E-state index in [0.29, 0.717) is 12.8 Å². The van der Waals surface area contributed by atoms with Crippen LogP contribution in [0.3, 0.4) is 0 Å². The quantitative estimate of drug-likeness (QED) is 0.498. The molecule has 3 rings (SSSR count). The SMILES string of the molecule is CC[C@H](CC(=O)O)NC(=O)C(CC(C)C)NC(=O)OCC1c2ccccc2-c2ccccc21. The fourth-order valence-corrected chi connectivity index (χ4v) is 4.30. The van der Waals surface area contributed by atoms with Gasteiger partial charge in [-0.1, -0.05) is 69.3 Å². The van der Waals surface area contributed by atoms with E-state index in [1.165, 1.54) is 0 Å². The van der Waals surface area contributed by atoms with Crippen molar-refractivity contribution in [3.05, 3.63) is 59.7 Å². The molecule has 0 heterocycles. The highest BCUT2D eigenvalue weighted by molar-refractivity contribution is 5.86. The summed E-state index contributed by atoms with van der Waals surface area (Å²) in [6, 6.07) is 14.9. The molecule has 0 aromatic heterocycles. The van der Waals surface area contributed by atoms with Crippen LogP contribution >= 0.6 is 0 Å². The number of nitrogens with one attached hydrogen (secondary N) is 2. The molecule has 33 heavy (non-hydrogen) atoms. The van der Waals surface area contributed by atoms with Crippen LogP contribution in [0.2, 0.25) is 0 Å². The number of rotatable bonds is 10. The first kappa shape index (κ1) is 24.3. The number of carboxylic acid groups (broad SMARTS) is 1. The van der Waals surface area contributed by atoms with Crippen LogP contribution in [0.1, 0.15) is 57.1 Å². The van der Waals surface area contributed by atoms with Gasteiger partial charge in [0.2, 0.25) is 5.91 Å². The summed E-state index contributed by atoms with van der Waals surface area (Å²) in [7, 11) is 0. The highest BCUT2D eigenvalue weighted by atomic mass is 16.5. The molecule has 2 aromatic carbocycles. The molecule has 1 unspecified atom stereocenters. The Kier molecular flexibility index (Phi) is 8.09. The highest BCUT2D eigenvalue weighted by Gasteiger charge is 2.30. The number of alkyl carbamates (subject to hydrolysis) is 1. The molecule has 0 saturated carbocycles. The molecular formula is C26H32N2O5. The number of fused-ring (bicyclic) bond motifs is 3. The van der Waals surface area contributed by atoms with Crippen molar-refractivity contribution in [3.63, 3.8) is 0 Å². The molecule has 0 fully saturated rings. The van der Waals surface area contributed by atoms with E-state index in [1.807, 2.05) is 57.2 Å². The maximum atomic E-state index is 12.8. The summed E-state index contributed by atoms with van der Waals surface area (Å²) < 4.78 is 5.57. The second-order valence-electron chi connectivity index (χ2n) is 8.86. The van der Waals surface area contributed by atoms with E-state index >= 15 is 0 Å². The third-order valence-corrected chi connectivity index (χ3v) is 5.92. The fourth-order valence-electron chi connectivity index (χ4n) is 4.30. The number of hydrogen-bond acceptors (Lipinski definition) is 4. The zero-order valence-electron chi connectivity index (χ0n) is 19.3. The normalized spacial score (nSPS) is 14.2. The van der Waals surface area contributed by atoms with Crippen LogP contribution in [-0.2, 0) is 14.3 Å². The third kappa shape index (κ3) is 6.12. The van der Waals surface area contributed by atoms with Crippen molar-refractivity contribution in [2.24, 2.45) is 5.92 Å². The van der Waals surface area contributed by atoms with Gasteiger partial charge < -0.3 is 20.5 Å². The van der Waals surface area contributed by atoms with E-state index in [0.717, 1.165) is 22.3 Å². The molecule has 7 nitrogen and oxygen atoms in total. The average molecular weight is 453 g/mol. The number of hydrogen-bond donors (Lipinski definition) is 3. The van der Waals surface area contributed by atoms with Gasteiger partial charge in [0.25, 0.3) is 0 Å². The number of benzene rings is 2. The first-order valence-corrected chi connectivity index (χ1v) is 11.4. The van der Waals surface area contributed by atoms with E-state index in [9.17, 15) is 14.4 Å². The van der Waals surface area contributed by atoms with Crippen LogP contribution < -0.4 is 10.6 Å². The average Bonchev–Trinajstić information content (AvgIpc) is 3.10. The lowest BCUT2D eigenvalue weighted by atomic mass is 9.98. The second-order valence-corrected chi connectivity index (χ2v) is 8.86. The lowest BCUT2D eigenvalue weighted by Gasteiger charge is -2.23. The van der Waals surface area contributed by atoms with Gasteiger partial charge >= 0.3 is 12.1 Å². The summed E-state index contributed by atoms with van der Waals surface area (Å²) >= 11 is 0. The number of carboxylic acids is 1. The third-order valence-electron chi connectivity index (χ3n) is 5.92. The number of carbonyl (C=O) groups is 3. The van der Waals surface area contributed by atoms with Crippen molar-refractivity contribution in [1.29, 1.82) is 0 Å². The molecule has 2 atom stereocenters. The van der Waals surface area contributed by atoms with Crippen LogP contribution in [0.4, 0.5) is 4.79 Å². The minimum absolute atomic E-state index is 0.0689. The second kappa shape index (κ2) is 11.0. The fraction of sp³-hybridized carbons (Fsp3) is 0.423. The molecular weight excluding hydrogens is 420 g/mol. The molecule has 176 valence electrons. The lowest BCUT2D eigenvalue weighted by Crippen LogP contribution is -2.50. The maximum absolute atomic E-state index is 12.8. The van der Waals surface area contributed by atoms with Gasteiger partial charge in [0.15, 0.2) is 0 Å². The monoisotopic (exact) mass is 452 g/mol. The van der Waals surface area contributed by atoms with Crippen molar-refractivity contribution in [3.8, 4) is 11.1 Å². The Balaban J connectivity index is 1.65. The van der Waals surface area contributed by atoms with E-state index in [2.05, 4.69) is 22.8 Å². The maximum Gasteiger partial charge on any atom is 0.407 e. The minimum atomic E-state index is -0.980. The summed E-state index contributed by atoms with van der Waals surface area (Å²) in [5.41, 5.74) is 4.51. The molecule has 7 heteroatoms. The van der Waals surface area contributed by atoms with Crippen molar-refractivity contribution >= 4 is 18.0 Å². The summed E-state index contributed by atoms with van der Waals surface area (Å²) in [6.07, 6.45) is 0.0716. The summed E-state index contributed by atoms with van der Waals surface area (Å²) in [4.78, 5) is 36.4. The first-order chi connectivity index (χ1) is 15.8. The predicted octanol–water partition coefficient (Wildman–Crippen LogP) is 4.31. The Labute approximate surface area is 194 Å². The van der Waals surface area contributed by atoms with Gasteiger partial charge in [-0.2, -0.15) is 0 Å². The minimum Gasteiger partial charge on any atom is -0.481 e. The van der Waals surface area contributed by atoms with Gasteiger partial charge in [0.1, 0.15) is 12.6 Å². The zero-order valence-corrected chi connectivity index (χ0v) is 19.3. The van der Waals surface area contributed by atoms with E-state index < -0.39 is 30.1 Å². The lowest BCUT2D eigenvalue weighted by molar-refractivity contribution is -0.137. The molecule has 1 aliphatic rings. The smallest absolute Gasteiger partial charge is 0.407 e. The van der Waals surface area contributed by atoms with E-state index in [1.54, 1.807) is 0 Å². The molecule has 0 radical (unpaired) electrons. The first-order valence-electron chi connectivity index (χ1n) is 11.4. The molecule has 0 saturated heterocycles. The molecule has 0 spiro atoms. The van der Waals surface area contributed by atoms with Crippen LogP contribution in [0.25, 0.3) is 11.1 Å². The Morgan fingerprint density at radius 2 is 1.55 bits per heavy atom. The van der Waals surface area contributed by atoms with Crippen LogP contribution in [-0.4, -0.2) is 41.8 Å². The Morgan fingerprint density at radius 1 is 0.970 bits per heavy atom. The molecule has 0 aliphatic heterocycles. The van der Waals surface area contributed by atoms with Gasteiger partial charge in [-0.05, 0) is 41.0 Å². The Hall–Kier alpha value is -3.35. The largest absolute Gasteiger partial charge is 0.481 e. The van der Waals surface area contributed by atoms with E-state index in [-0.39, 0.29) is 24.9 Å². The van der Waals surface area contributed by atoms with Crippen molar-refractivity contribution in [2.75, 3.05) is 6.61 Å². The van der Waals surface area contributed by atoms with Gasteiger partial charge in [-0.15, -0.1) is 0 Å². The van der Waals surface area contributed by atoms with Crippen molar-refractivity contribution in [1.82, 2.24) is 10.6 Å². The van der Waals surface area contributed by atoms with Crippen LogP contribution in [0.15, 0.2) is 48.5 Å². The van der Waals surface area contributed by atoms with Crippen LogP contribution in [0.5, 0.6) is 0 Å². The zero-order chi connectivity index (χ0) is 24.0. The van der Waals surface area contributed by atoms with Crippen molar-refractivity contribution in [2.45, 2.75) is 58.0 Å². The molecule has 2 amide bonds. The number of amides is 2. The molecule has 3 N–H and O–H groups in total. The number of ether oxygens (including phenoxy) is 1. The van der Waals surface area contributed by atoms with E-state index in [4.69, 9.17) is 9.84 Å². The summed E-state index contributed by atoms with van der Waals surface area (Å²) in [5.74, 6) is -1.30. The molecule has 2 aromatic rings. The van der Waals surface area contributed by atoms with Gasteiger partial charge in [0.05, 0.1) is 6.42 Å². The van der Waals surface area contributed by atoms with Gasteiger partial charge in [-0.25, -0.2) is 4.79 Å². The Morgan fingerprint density at radius 3 is 2.06 bits per heavy atom. The summed E-state index contributed by atoms with van der Waals surface area (Å²) in [5, 5.41) is 14.5. The van der Waals surface area contributed by atoms with Crippen LogP contribution in [0, 0.1) is 5.92 Å². The highest BCUT2D eigenvalue weighted by Crippen LogP contribution is 2.44.